The van der Waals surface area contributed by atoms with E-state index in [-0.39, 0.29) is 23.9 Å². The van der Waals surface area contributed by atoms with Crippen molar-refractivity contribution in [3.63, 3.8) is 0 Å². The summed E-state index contributed by atoms with van der Waals surface area (Å²) in [6.07, 6.45) is 7.67. The molecule has 38 heavy (non-hydrogen) atoms. The van der Waals surface area contributed by atoms with Gasteiger partial charge in [-0.2, -0.15) is 5.10 Å². The molecule has 0 amide bonds. The zero-order valence-electron chi connectivity index (χ0n) is 22.3. The Hall–Kier alpha value is -3.42. The molecule has 4 aromatic rings. The Morgan fingerprint density at radius 2 is 1.92 bits per heavy atom. The first-order valence-corrected chi connectivity index (χ1v) is 13.3. The van der Waals surface area contributed by atoms with Gasteiger partial charge in [0.15, 0.2) is 0 Å². The van der Waals surface area contributed by atoms with Crippen LogP contribution in [0.2, 0.25) is 0 Å². The maximum absolute atomic E-state index is 14.6. The van der Waals surface area contributed by atoms with Crippen molar-refractivity contribution in [1.82, 2.24) is 19.7 Å². The third-order valence-corrected chi connectivity index (χ3v) is 7.19. The third kappa shape index (κ3) is 5.40. The molecule has 200 valence electrons. The van der Waals surface area contributed by atoms with Gasteiger partial charge in [0.1, 0.15) is 23.6 Å². The van der Waals surface area contributed by atoms with Crippen molar-refractivity contribution in [2.45, 2.75) is 71.6 Å². The van der Waals surface area contributed by atoms with Gasteiger partial charge in [-0.05, 0) is 54.7 Å². The first-order valence-electron chi connectivity index (χ1n) is 13.3. The Bertz CT molecular complexity index is 1430. The molecule has 8 heteroatoms. The van der Waals surface area contributed by atoms with Gasteiger partial charge < -0.3 is 4.90 Å². The molecule has 4 heterocycles. The zero-order valence-corrected chi connectivity index (χ0v) is 22.3. The van der Waals surface area contributed by atoms with Gasteiger partial charge in [0.25, 0.3) is 0 Å². The Kier molecular flexibility index (Phi) is 7.16. The Morgan fingerprint density at radius 3 is 2.68 bits per heavy atom. The van der Waals surface area contributed by atoms with Gasteiger partial charge in [0, 0.05) is 35.5 Å². The molecule has 1 unspecified atom stereocenters. The lowest BCUT2D eigenvalue weighted by Crippen LogP contribution is -2.25. The molecule has 3 aromatic heterocycles. The number of nitrogens with zero attached hydrogens (tertiary/aromatic N) is 5. The summed E-state index contributed by atoms with van der Waals surface area (Å²) in [7, 11) is 0. The first-order chi connectivity index (χ1) is 18.1. The minimum absolute atomic E-state index is 0.0537. The van der Waals surface area contributed by atoms with Gasteiger partial charge in [-0.25, -0.2) is 18.2 Å². The Labute approximate surface area is 221 Å². The number of hydrogen-bond acceptors (Lipinski definition) is 4. The summed E-state index contributed by atoms with van der Waals surface area (Å²) in [4.78, 5) is 11.1. The molecule has 0 aliphatic carbocycles. The van der Waals surface area contributed by atoms with E-state index < -0.39 is 23.8 Å². The van der Waals surface area contributed by atoms with E-state index in [1.54, 1.807) is 17.2 Å². The van der Waals surface area contributed by atoms with Gasteiger partial charge in [0.05, 0.1) is 35.9 Å². The van der Waals surface area contributed by atoms with Crippen LogP contribution in [0, 0.1) is 17.0 Å². The fraction of sp³-hybridized carbons (Fsp3) is 0.433. The summed E-state index contributed by atoms with van der Waals surface area (Å²) < 4.78 is 45.3. The molecular formula is C30H34F3N5. The number of rotatable bonds is 7. The summed E-state index contributed by atoms with van der Waals surface area (Å²) in [6, 6.07) is 8.47. The largest absolute Gasteiger partial charge is 0.346 e. The van der Waals surface area contributed by atoms with E-state index >= 15 is 0 Å². The normalized spacial score (nSPS) is 18.9. The smallest absolute Gasteiger partial charge is 0.130 e. The Balaban J connectivity index is 1.53. The molecule has 0 N–H and O–H groups in total. The molecular weight excluding hydrogens is 487 g/mol. The molecule has 5 nitrogen and oxygen atoms in total. The van der Waals surface area contributed by atoms with Gasteiger partial charge in [-0.3, -0.25) is 9.67 Å². The lowest BCUT2D eigenvalue weighted by Gasteiger charge is -2.26. The maximum Gasteiger partial charge on any atom is 0.130 e. The predicted octanol–water partition coefficient (Wildman–Crippen LogP) is 7.84. The van der Waals surface area contributed by atoms with E-state index in [4.69, 9.17) is 10.1 Å². The van der Waals surface area contributed by atoms with Crippen LogP contribution in [0.3, 0.4) is 0 Å². The number of pyridine rings is 2. The maximum atomic E-state index is 14.6. The summed E-state index contributed by atoms with van der Waals surface area (Å²) in [5.74, 6) is -0.598. The highest BCUT2D eigenvalue weighted by Gasteiger charge is 2.36. The predicted molar refractivity (Wildman–Crippen MR) is 145 cm³/mol. The second-order valence-electron chi connectivity index (χ2n) is 11.5. The van der Waals surface area contributed by atoms with E-state index in [0.717, 1.165) is 48.6 Å². The van der Waals surface area contributed by atoms with Crippen LogP contribution in [0.15, 0.2) is 55.0 Å². The van der Waals surface area contributed by atoms with Crippen LogP contribution in [-0.4, -0.2) is 32.5 Å². The molecule has 0 bridgehead atoms. The number of aromatic nitrogens is 4. The van der Waals surface area contributed by atoms with Crippen LogP contribution < -0.4 is 4.90 Å². The number of halogens is 3. The van der Waals surface area contributed by atoms with Crippen LogP contribution >= 0.6 is 0 Å². The van der Waals surface area contributed by atoms with E-state index in [2.05, 4.69) is 43.6 Å². The van der Waals surface area contributed by atoms with Crippen LogP contribution in [0.4, 0.5) is 19.0 Å². The summed E-state index contributed by atoms with van der Waals surface area (Å²) in [5, 5.41) is 4.71. The fourth-order valence-electron chi connectivity index (χ4n) is 5.56. The molecule has 5 rings (SSSR count). The molecule has 1 saturated heterocycles. The summed E-state index contributed by atoms with van der Waals surface area (Å²) >= 11 is 0. The van der Waals surface area contributed by atoms with Crippen molar-refractivity contribution in [1.29, 1.82) is 0 Å². The Morgan fingerprint density at radius 1 is 1.11 bits per heavy atom. The molecule has 1 aromatic carbocycles. The van der Waals surface area contributed by atoms with Crippen molar-refractivity contribution in [2.24, 2.45) is 5.41 Å². The van der Waals surface area contributed by atoms with Crippen LogP contribution in [0.25, 0.3) is 22.2 Å². The van der Waals surface area contributed by atoms with E-state index in [0.29, 0.717) is 22.9 Å². The minimum atomic E-state index is -1.18. The van der Waals surface area contributed by atoms with Crippen LogP contribution in [0.5, 0.6) is 0 Å². The standard InChI is InChI=1S/C30H34F3N5/c1-5-6-22(15-30(2,3)4)38-17-19(16-35-38)23-11-12-34-26-9-10-28(36-29(23)26)37-18-21(32)14-27(37)24-13-20(31)7-8-25(24)33/h7-13,16-17,21-22,27H,5-6,14-15,18H2,1-4H3/t21-,22?,27+/m0/s1. The van der Waals surface area contributed by atoms with Crippen LogP contribution in [0.1, 0.15) is 71.0 Å². The molecule has 0 saturated carbocycles. The van der Waals surface area contributed by atoms with E-state index in [1.165, 1.54) is 0 Å². The van der Waals surface area contributed by atoms with Crippen LogP contribution in [-0.2, 0) is 0 Å². The highest BCUT2D eigenvalue weighted by atomic mass is 19.1. The van der Waals surface area contributed by atoms with Crippen molar-refractivity contribution >= 4 is 16.9 Å². The van der Waals surface area contributed by atoms with E-state index in [1.807, 2.05) is 18.3 Å². The molecule has 0 radical (unpaired) electrons. The quantitative estimate of drug-likeness (QED) is 0.249. The zero-order chi connectivity index (χ0) is 27.0. The number of alkyl halides is 1. The molecule has 3 atom stereocenters. The van der Waals surface area contributed by atoms with Crippen molar-refractivity contribution < 1.29 is 13.2 Å². The minimum Gasteiger partial charge on any atom is -0.346 e. The topological polar surface area (TPSA) is 46.8 Å². The number of fused-ring (bicyclic) bond motifs is 1. The van der Waals surface area contributed by atoms with Gasteiger partial charge in [-0.1, -0.05) is 34.1 Å². The lowest BCUT2D eigenvalue weighted by atomic mass is 9.86. The number of hydrogen-bond donors (Lipinski definition) is 0. The average Bonchev–Trinajstić information content (AvgIpc) is 3.51. The monoisotopic (exact) mass is 521 g/mol. The van der Waals surface area contributed by atoms with Gasteiger partial charge in [0.2, 0.25) is 0 Å². The average molecular weight is 522 g/mol. The lowest BCUT2D eigenvalue weighted by molar-refractivity contribution is 0.266. The SMILES string of the molecule is CCCC(CC(C)(C)C)n1cc(-c2ccnc3ccc(N4C[C@@H](F)C[C@@H]4c4cc(F)ccc4F)nc23)cn1. The second-order valence-corrected chi connectivity index (χ2v) is 11.5. The van der Waals surface area contributed by atoms with Crippen molar-refractivity contribution in [2.75, 3.05) is 11.4 Å². The number of anilines is 1. The first kappa shape index (κ1) is 26.2. The van der Waals surface area contributed by atoms with Crippen molar-refractivity contribution in [3.05, 3.63) is 72.2 Å². The van der Waals surface area contributed by atoms with Crippen molar-refractivity contribution in [3.8, 4) is 11.1 Å². The molecule has 1 aliphatic rings. The third-order valence-electron chi connectivity index (χ3n) is 7.19. The van der Waals surface area contributed by atoms with Gasteiger partial charge >= 0.3 is 0 Å². The molecule has 0 spiro atoms. The highest BCUT2D eigenvalue weighted by molar-refractivity contribution is 5.91. The number of benzene rings is 1. The second kappa shape index (κ2) is 10.4. The van der Waals surface area contributed by atoms with Gasteiger partial charge in [-0.15, -0.1) is 0 Å². The molecule has 1 aliphatic heterocycles. The molecule has 1 fully saturated rings. The summed E-state index contributed by atoms with van der Waals surface area (Å²) in [6.45, 7) is 8.96. The fourth-order valence-corrected chi connectivity index (χ4v) is 5.56. The van der Waals surface area contributed by atoms with E-state index in [9.17, 15) is 13.2 Å². The summed E-state index contributed by atoms with van der Waals surface area (Å²) in [5.41, 5.74) is 3.47. The highest BCUT2D eigenvalue weighted by Crippen LogP contribution is 2.39.